The van der Waals surface area contributed by atoms with Crippen LogP contribution in [0.25, 0.3) is 0 Å². The van der Waals surface area contributed by atoms with Gasteiger partial charge in [0.15, 0.2) is 0 Å². The fraction of sp³-hybridized carbons (Fsp3) is 0.308. The number of para-hydroxylation sites is 1. The molecule has 0 saturated carbocycles. The molecule has 1 aliphatic heterocycles. The Labute approximate surface area is 104 Å². The molecule has 1 aliphatic rings. The number of benzene rings is 1. The first-order valence-electron chi connectivity index (χ1n) is 5.67. The minimum absolute atomic E-state index is 0.00940. The van der Waals surface area contributed by atoms with Crippen molar-refractivity contribution in [2.45, 2.75) is 25.5 Å². The largest absolute Gasteiger partial charge is 0.484 e. The number of fused-ring (bicyclic) bond motifs is 1. The van der Waals surface area contributed by atoms with Gasteiger partial charge < -0.3 is 10.5 Å². The molecule has 1 aromatic carbocycles. The van der Waals surface area contributed by atoms with Crippen molar-refractivity contribution in [2.24, 2.45) is 5.73 Å². The standard InChI is InChI=1S/C13H14N2OS/c1-8-15-11(7-17-8)13-6-10(14)9-4-2-3-5-12(9)16-13/h2-5,7,10,13H,6,14H2,1H3/t10-,13?/m0/s1. The lowest BCUT2D eigenvalue weighted by Gasteiger charge is -2.29. The Morgan fingerprint density at radius 3 is 3.00 bits per heavy atom. The van der Waals surface area contributed by atoms with E-state index in [2.05, 4.69) is 10.4 Å². The Morgan fingerprint density at radius 2 is 2.24 bits per heavy atom. The van der Waals surface area contributed by atoms with Crippen molar-refractivity contribution in [3.8, 4) is 5.75 Å². The number of rotatable bonds is 1. The molecule has 0 aliphatic carbocycles. The summed E-state index contributed by atoms with van der Waals surface area (Å²) in [6, 6.07) is 8.01. The number of aromatic nitrogens is 1. The number of nitrogens with zero attached hydrogens (tertiary/aromatic N) is 1. The van der Waals surface area contributed by atoms with E-state index in [-0.39, 0.29) is 12.1 Å². The molecule has 2 N–H and O–H groups in total. The molecular weight excluding hydrogens is 232 g/mol. The Balaban J connectivity index is 1.93. The van der Waals surface area contributed by atoms with Gasteiger partial charge in [-0.15, -0.1) is 11.3 Å². The second-order valence-electron chi connectivity index (χ2n) is 4.28. The van der Waals surface area contributed by atoms with Crippen molar-refractivity contribution in [2.75, 3.05) is 0 Å². The number of ether oxygens (including phenoxy) is 1. The molecule has 0 spiro atoms. The molecule has 1 aromatic heterocycles. The van der Waals surface area contributed by atoms with E-state index < -0.39 is 0 Å². The third kappa shape index (κ3) is 1.94. The summed E-state index contributed by atoms with van der Waals surface area (Å²) in [6.45, 7) is 2.00. The number of thiazole rings is 1. The first kappa shape index (κ1) is 10.7. The van der Waals surface area contributed by atoms with Gasteiger partial charge in [-0.25, -0.2) is 4.98 Å². The molecule has 2 atom stereocenters. The molecular formula is C13H14N2OS. The lowest BCUT2D eigenvalue weighted by atomic mass is 9.96. The van der Waals surface area contributed by atoms with Gasteiger partial charge in [0.2, 0.25) is 0 Å². The summed E-state index contributed by atoms with van der Waals surface area (Å²) in [5.74, 6) is 0.891. The highest BCUT2D eigenvalue weighted by Gasteiger charge is 2.27. The number of hydrogen-bond donors (Lipinski definition) is 1. The Morgan fingerprint density at radius 1 is 1.41 bits per heavy atom. The van der Waals surface area contributed by atoms with Gasteiger partial charge in [-0.2, -0.15) is 0 Å². The zero-order valence-electron chi connectivity index (χ0n) is 9.59. The van der Waals surface area contributed by atoms with Crippen molar-refractivity contribution in [3.63, 3.8) is 0 Å². The highest BCUT2D eigenvalue weighted by Crippen LogP contribution is 2.39. The van der Waals surface area contributed by atoms with Gasteiger partial charge in [-0.3, -0.25) is 0 Å². The van der Waals surface area contributed by atoms with Gasteiger partial charge in [0.05, 0.1) is 10.7 Å². The average molecular weight is 246 g/mol. The SMILES string of the molecule is Cc1nc(C2C[C@H](N)c3ccccc3O2)cs1. The molecule has 0 amide bonds. The highest BCUT2D eigenvalue weighted by atomic mass is 32.1. The first-order valence-corrected chi connectivity index (χ1v) is 6.55. The molecule has 88 valence electrons. The molecule has 0 fully saturated rings. The van der Waals surface area contributed by atoms with Crippen LogP contribution in [0, 0.1) is 6.92 Å². The lowest BCUT2D eigenvalue weighted by Crippen LogP contribution is -2.24. The summed E-state index contributed by atoms with van der Waals surface area (Å²) in [5.41, 5.74) is 8.27. The number of aryl methyl sites for hydroxylation is 1. The summed E-state index contributed by atoms with van der Waals surface area (Å²) in [5, 5.41) is 3.12. The number of nitrogens with two attached hydrogens (primary N) is 1. The molecule has 2 aromatic rings. The summed E-state index contributed by atoms with van der Waals surface area (Å²) in [6.07, 6.45) is 0.782. The van der Waals surface area contributed by atoms with Crippen molar-refractivity contribution < 1.29 is 4.74 Å². The maximum atomic E-state index is 6.18. The fourth-order valence-corrected chi connectivity index (χ4v) is 2.82. The molecule has 1 unspecified atom stereocenters. The average Bonchev–Trinajstić information content (AvgIpc) is 2.76. The summed E-state index contributed by atoms with van der Waals surface area (Å²) < 4.78 is 5.97. The van der Waals surface area contributed by atoms with Crippen LogP contribution < -0.4 is 10.5 Å². The summed E-state index contributed by atoms with van der Waals surface area (Å²) in [7, 11) is 0. The van der Waals surface area contributed by atoms with Gasteiger partial charge in [-0.05, 0) is 13.0 Å². The Hall–Kier alpha value is -1.39. The molecule has 0 bridgehead atoms. The van der Waals surface area contributed by atoms with Crippen LogP contribution in [-0.2, 0) is 0 Å². The smallest absolute Gasteiger partial charge is 0.143 e. The molecule has 17 heavy (non-hydrogen) atoms. The highest BCUT2D eigenvalue weighted by molar-refractivity contribution is 7.09. The third-order valence-corrected chi connectivity index (χ3v) is 3.81. The fourth-order valence-electron chi connectivity index (χ4n) is 2.16. The normalized spacial score (nSPS) is 22.9. The van der Waals surface area contributed by atoms with E-state index in [1.54, 1.807) is 11.3 Å². The van der Waals surface area contributed by atoms with E-state index in [9.17, 15) is 0 Å². The monoisotopic (exact) mass is 246 g/mol. The molecule has 3 nitrogen and oxygen atoms in total. The van der Waals surface area contributed by atoms with Crippen LogP contribution in [0.15, 0.2) is 29.6 Å². The van der Waals surface area contributed by atoms with E-state index in [0.717, 1.165) is 28.4 Å². The third-order valence-electron chi connectivity index (χ3n) is 3.02. The predicted molar refractivity (Wildman–Crippen MR) is 68.2 cm³/mol. The van der Waals surface area contributed by atoms with Gasteiger partial charge in [0, 0.05) is 23.4 Å². The van der Waals surface area contributed by atoms with Gasteiger partial charge >= 0.3 is 0 Å². The lowest BCUT2D eigenvalue weighted by molar-refractivity contribution is 0.158. The molecule has 4 heteroatoms. The van der Waals surface area contributed by atoms with Gasteiger partial charge in [0.1, 0.15) is 11.9 Å². The van der Waals surface area contributed by atoms with Crippen LogP contribution in [0.1, 0.15) is 34.8 Å². The van der Waals surface area contributed by atoms with Crippen LogP contribution in [0.5, 0.6) is 5.75 Å². The molecule has 0 radical (unpaired) electrons. The van der Waals surface area contributed by atoms with Gasteiger partial charge in [-0.1, -0.05) is 18.2 Å². The van der Waals surface area contributed by atoms with E-state index in [4.69, 9.17) is 10.5 Å². The van der Waals surface area contributed by atoms with Crippen LogP contribution >= 0.6 is 11.3 Å². The molecule has 3 rings (SSSR count). The van der Waals surface area contributed by atoms with Crippen molar-refractivity contribution >= 4 is 11.3 Å². The zero-order valence-corrected chi connectivity index (χ0v) is 10.4. The second kappa shape index (κ2) is 4.13. The van der Waals surface area contributed by atoms with Crippen LogP contribution in [0.2, 0.25) is 0 Å². The predicted octanol–water partition coefficient (Wildman–Crippen LogP) is 2.98. The van der Waals surface area contributed by atoms with E-state index in [1.807, 2.05) is 31.2 Å². The quantitative estimate of drug-likeness (QED) is 0.841. The van der Waals surface area contributed by atoms with Crippen LogP contribution in [0.3, 0.4) is 0 Å². The topological polar surface area (TPSA) is 48.1 Å². The summed E-state index contributed by atoms with van der Waals surface area (Å²) >= 11 is 1.65. The van der Waals surface area contributed by atoms with Crippen LogP contribution in [0.4, 0.5) is 0 Å². The molecule has 0 saturated heterocycles. The van der Waals surface area contributed by atoms with E-state index in [0.29, 0.717) is 0 Å². The zero-order chi connectivity index (χ0) is 11.8. The van der Waals surface area contributed by atoms with Crippen molar-refractivity contribution in [1.82, 2.24) is 4.98 Å². The molecule has 2 heterocycles. The Kier molecular flexibility index (Phi) is 2.61. The van der Waals surface area contributed by atoms with Crippen molar-refractivity contribution in [3.05, 3.63) is 45.9 Å². The van der Waals surface area contributed by atoms with E-state index >= 15 is 0 Å². The minimum Gasteiger partial charge on any atom is -0.484 e. The van der Waals surface area contributed by atoms with Crippen LogP contribution in [-0.4, -0.2) is 4.98 Å². The van der Waals surface area contributed by atoms with Crippen molar-refractivity contribution in [1.29, 1.82) is 0 Å². The minimum atomic E-state index is -0.00940. The second-order valence-corrected chi connectivity index (χ2v) is 5.34. The van der Waals surface area contributed by atoms with Gasteiger partial charge in [0.25, 0.3) is 0 Å². The first-order chi connectivity index (χ1) is 8.24. The van der Waals surface area contributed by atoms with E-state index in [1.165, 1.54) is 0 Å². The Bertz CT molecular complexity index is 538. The maximum absolute atomic E-state index is 6.18. The number of hydrogen-bond acceptors (Lipinski definition) is 4. The summed E-state index contributed by atoms with van der Waals surface area (Å²) in [4.78, 5) is 4.48. The maximum Gasteiger partial charge on any atom is 0.143 e.